The van der Waals surface area contributed by atoms with Crippen LogP contribution in [0, 0.1) is 0 Å². The highest BCUT2D eigenvalue weighted by molar-refractivity contribution is 7.99. The number of hydrogen-bond donors (Lipinski definition) is 4. The lowest BCUT2D eigenvalue weighted by Gasteiger charge is -2.16. The maximum atomic E-state index is 12.1. The predicted molar refractivity (Wildman–Crippen MR) is 110 cm³/mol. The van der Waals surface area contributed by atoms with E-state index in [4.69, 9.17) is 9.84 Å². The lowest BCUT2D eigenvalue weighted by Crippen LogP contribution is -2.43. The number of ether oxygens (including phenoxy) is 1. The third kappa shape index (κ3) is 5.29. The van der Waals surface area contributed by atoms with E-state index in [0.717, 1.165) is 34.9 Å². The number of carbonyl (C=O) groups is 2. The van der Waals surface area contributed by atoms with Gasteiger partial charge in [0.2, 0.25) is 0 Å². The van der Waals surface area contributed by atoms with E-state index < -0.39 is 30.8 Å². The minimum Gasteiger partial charge on any atom is -0.480 e. The molecule has 1 aliphatic carbocycles. The molecule has 1 amide bonds. The number of aliphatic hydroxyl groups is 2. The average Bonchev–Trinajstić information content (AvgIpc) is 3.10. The number of carboxylic acid groups (broad SMARTS) is 1. The van der Waals surface area contributed by atoms with Crippen molar-refractivity contribution in [1.29, 1.82) is 0 Å². The number of aliphatic hydroxyl groups excluding tert-OH is 2. The fraction of sp³-hybridized carbons (Fsp3) is 0.333. The summed E-state index contributed by atoms with van der Waals surface area (Å²) in [7, 11) is 0. The molecule has 4 N–H and O–H groups in total. The Balaban J connectivity index is 1.56. The second kappa shape index (κ2) is 9.78. The molecule has 0 unspecified atom stereocenters. The third-order valence-electron chi connectivity index (χ3n) is 4.70. The molecule has 0 radical (unpaired) electrons. The number of thioether (sulfide) groups is 1. The Morgan fingerprint density at radius 1 is 1.10 bits per heavy atom. The van der Waals surface area contributed by atoms with Gasteiger partial charge in [-0.3, -0.25) is 0 Å². The number of carboxylic acids is 1. The molecule has 2 atom stereocenters. The molecule has 2 aromatic carbocycles. The highest BCUT2D eigenvalue weighted by Crippen LogP contribution is 2.38. The van der Waals surface area contributed by atoms with E-state index in [0.29, 0.717) is 0 Å². The first-order valence-corrected chi connectivity index (χ1v) is 10.4. The van der Waals surface area contributed by atoms with E-state index >= 15 is 0 Å². The Labute approximate surface area is 172 Å². The zero-order valence-electron chi connectivity index (χ0n) is 15.7. The second-order valence-corrected chi connectivity index (χ2v) is 7.84. The molecule has 29 heavy (non-hydrogen) atoms. The molecule has 2 aromatic rings. The van der Waals surface area contributed by atoms with Crippen LogP contribution in [0.3, 0.4) is 0 Å². The molecule has 8 heteroatoms. The first-order chi connectivity index (χ1) is 14.0. The largest absolute Gasteiger partial charge is 0.480 e. The zero-order chi connectivity index (χ0) is 20.8. The van der Waals surface area contributed by atoms with Gasteiger partial charge in [0.05, 0.1) is 12.7 Å². The van der Waals surface area contributed by atoms with Gasteiger partial charge in [-0.05, 0) is 34.2 Å². The van der Waals surface area contributed by atoms with Gasteiger partial charge in [-0.15, -0.1) is 0 Å². The molecule has 7 nitrogen and oxygen atoms in total. The molecule has 0 saturated carbocycles. The Morgan fingerprint density at radius 3 is 2.62 bits per heavy atom. The molecule has 0 aromatic heterocycles. The van der Waals surface area contributed by atoms with Crippen LogP contribution in [0.4, 0.5) is 4.79 Å². The van der Waals surface area contributed by atoms with Crippen molar-refractivity contribution in [3.05, 3.63) is 59.2 Å². The summed E-state index contributed by atoms with van der Waals surface area (Å²) in [6.45, 7) is -0.350. The molecule has 3 rings (SSSR count). The molecular formula is C21H23NO6S. The minimum atomic E-state index is -1.19. The van der Waals surface area contributed by atoms with Gasteiger partial charge in [0.15, 0.2) is 0 Å². The molecule has 0 saturated heterocycles. The number of carbonyl (C=O) groups excluding carboxylic acids is 1. The number of alkyl carbamates (subject to hydrolysis) is 1. The van der Waals surface area contributed by atoms with Gasteiger partial charge in [-0.1, -0.05) is 42.5 Å². The van der Waals surface area contributed by atoms with E-state index in [9.17, 15) is 19.8 Å². The van der Waals surface area contributed by atoms with Gasteiger partial charge in [0, 0.05) is 11.5 Å². The van der Waals surface area contributed by atoms with E-state index in [1.165, 1.54) is 11.1 Å². The van der Waals surface area contributed by atoms with Crippen molar-refractivity contribution in [1.82, 2.24) is 5.32 Å². The van der Waals surface area contributed by atoms with Gasteiger partial charge in [0.1, 0.15) is 12.6 Å². The quantitative estimate of drug-likeness (QED) is 0.421. The summed E-state index contributed by atoms with van der Waals surface area (Å²) in [5.74, 6) is -0.963. The normalized spacial score (nSPS) is 13.9. The highest BCUT2D eigenvalue weighted by Gasteiger charge is 2.23. The topological polar surface area (TPSA) is 116 Å². The van der Waals surface area contributed by atoms with Gasteiger partial charge in [-0.2, -0.15) is 11.8 Å². The molecule has 0 spiro atoms. The third-order valence-corrected chi connectivity index (χ3v) is 5.89. The molecule has 0 heterocycles. The molecular weight excluding hydrogens is 394 g/mol. The lowest BCUT2D eigenvalue weighted by molar-refractivity contribution is -0.138. The number of rotatable bonds is 9. The standard InChI is InChI=1S/C21H23NO6S/c23-9-15(24)11-29-12-19(20(25)26)22-21(27)28-10-14-5-3-7-17-16-6-2-1-4-13(16)8-18(14)17/h1-7,15,19,23-24H,8-12H2,(H,22,27)(H,25,26)/t15-,19+/m1/s1. The fourth-order valence-electron chi connectivity index (χ4n) is 3.24. The number of benzene rings is 2. The zero-order valence-corrected chi connectivity index (χ0v) is 16.5. The van der Waals surface area contributed by atoms with Crippen molar-refractivity contribution in [2.75, 3.05) is 18.1 Å². The minimum absolute atomic E-state index is 0.0473. The summed E-state index contributed by atoms with van der Waals surface area (Å²) in [5.41, 5.74) is 5.55. The van der Waals surface area contributed by atoms with Crippen molar-refractivity contribution < 1.29 is 29.6 Å². The smallest absolute Gasteiger partial charge is 0.408 e. The Kier molecular flexibility index (Phi) is 7.13. The summed E-state index contributed by atoms with van der Waals surface area (Å²) in [6.07, 6.45) is -0.965. The summed E-state index contributed by atoms with van der Waals surface area (Å²) in [5, 5.41) is 29.7. The first kappa shape index (κ1) is 21.2. The number of hydrogen-bond acceptors (Lipinski definition) is 6. The van der Waals surface area contributed by atoms with Crippen LogP contribution in [-0.2, 0) is 22.6 Å². The number of fused-ring (bicyclic) bond motifs is 3. The summed E-state index contributed by atoms with van der Waals surface area (Å²) >= 11 is 1.13. The van der Waals surface area contributed by atoms with Crippen LogP contribution in [0.15, 0.2) is 42.5 Å². The monoisotopic (exact) mass is 417 g/mol. The van der Waals surface area contributed by atoms with Crippen LogP contribution in [0.2, 0.25) is 0 Å². The van der Waals surface area contributed by atoms with E-state index in [1.54, 1.807) is 0 Å². The lowest BCUT2D eigenvalue weighted by atomic mass is 10.0. The summed E-state index contributed by atoms with van der Waals surface area (Å²) < 4.78 is 5.27. The second-order valence-electron chi connectivity index (χ2n) is 6.76. The van der Waals surface area contributed by atoms with Crippen molar-refractivity contribution in [3.63, 3.8) is 0 Å². The van der Waals surface area contributed by atoms with Crippen LogP contribution in [0.25, 0.3) is 11.1 Å². The molecule has 154 valence electrons. The number of amides is 1. The fourth-order valence-corrected chi connectivity index (χ4v) is 4.21. The molecule has 0 bridgehead atoms. The van der Waals surface area contributed by atoms with Crippen molar-refractivity contribution in [3.8, 4) is 11.1 Å². The average molecular weight is 417 g/mol. The van der Waals surface area contributed by atoms with Gasteiger partial charge < -0.3 is 25.4 Å². The Bertz CT molecular complexity index is 887. The van der Waals surface area contributed by atoms with Crippen LogP contribution in [0.1, 0.15) is 16.7 Å². The Morgan fingerprint density at radius 2 is 1.86 bits per heavy atom. The molecule has 1 aliphatic rings. The first-order valence-electron chi connectivity index (χ1n) is 9.21. The molecule has 0 aliphatic heterocycles. The van der Waals surface area contributed by atoms with Crippen LogP contribution < -0.4 is 5.32 Å². The molecule has 0 fully saturated rings. The van der Waals surface area contributed by atoms with E-state index in [2.05, 4.69) is 17.4 Å². The number of nitrogens with one attached hydrogen (secondary N) is 1. The highest BCUT2D eigenvalue weighted by atomic mass is 32.2. The van der Waals surface area contributed by atoms with Gasteiger partial charge in [0.25, 0.3) is 0 Å². The SMILES string of the molecule is O=C(N[C@@H](CSC[C@H](O)CO)C(=O)O)OCc1cccc2c1Cc1ccccc1-2. The maximum Gasteiger partial charge on any atom is 0.408 e. The number of aliphatic carboxylic acids is 1. The maximum absolute atomic E-state index is 12.1. The van der Waals surface area contributed by atoms with Crippen LogP contribution >= 0.6 is 11.8 Å². The van der Waals surface area contributed by atoms with Gasteiger partial charge in [-0.25, -0.2) is 9.59 Å². The van der Waals surface area contributed by atoms with Crippen LogP contribution in [-0.4, -0.2) is 57.6 Å². The Hall–Kier alpha value is -2.55. The van der Waals surface area contributed by atoms with E-state index in [1.807, 2.05) is 30.3 Å². The summed E-state index contributed by atoms with van der Waals surface area (Å²) in [4.78, 5) is 23.4. The van der Waals surface area contributed by atoms with Crippen molar-refractivity contribution in [2.24, 2.45) is 0 Å². The van der Waals surface area contributed by atoms with Crippen molar-refractivity contribution in [2.45, 2.75) is 25.2 Å². The van der Waals surface area contributed by atoms with Gasteiger partial charge >= 0.3 is 12.1 Å². The predicted octanol–water partition coefficient (Wildman–Crippen LogP) is 2.02. The van der Waals surface area contributed by atoms with Crippen molar-refractivity contribution >= 4 is 23.8 Å². The van der Waals surface area contributed by atoms with E-state index in [-0.39, 0.29) is 18.1 Å². The summed E-state index contributed by atoms with van der Waals surface area (Å²) in [6, 6.07) is 12.9. The van der Waals surface area contributed by atoms with Crippen LogP contribution in [0.5, 0.6) is 0 Å².